The maximum absolute atomic E-state index is 6.03. The van der Waals surface area contributed by atoms with Gasteiger partial charge in [-0.25, -0.2) is 0 Å². The Labute approximate surface area is 126 Å². The third-order valence-corrected chi connectivity index (χ3v) is 3.86. The second-order valence-electron chi connectivity index (χ2n) is 5.30. The van der Waals surface area contributed by atoms with Crippen LogP contribution in [0.5, 0.6) is 0 Å². The number of rotatable bonds is 7. The normalized spacial score (nSPS) is 12.8. The number of aryl methyl sites for hydroxylation is 1. The summed E-state index contributed by atoms with van der Waals surface area (Å²) in [5, 5.41) is 0. The van der Waals surface area contributed by atoms with Crippen LogP contribution < -0.4 is 5.73 Å². The molecule has 4 nitrogen and oxygen atoms in total. The van der Waals surface area contributed by atoms with Crippen molar-refractivity contribution in [2.24, 2.45) is 5.73 Å². The summed E-state index contributed by atoms with van der Waals surface area (Å²) in [4.78, 5) is 2.26. The van der Waals surface area contributed by atoms with Crippen molar-refractivity contribution < 1.29 is 9.15 Å². The number of nitrogens with two attached hydrogens (primary N) is 1. The summed E-state index contributed by atoms with van der Waals surface area (Å²) >= 11 is 0. The van der Waals surface area contributed by atoms with Crippen LogP contribution in [0.25, 0.3) is 0 Å². The second-order valence-corrected chi connectivity index (χ2v) is 5.30. The van der Waals surface area contributed by atoms with Crippen LogP contribution in [-0.4, -0.2) is 25.6 Å². The summed E-state index contributed by atoms with van der Waals surface area (Å²) in [6.07, 6.45) is 1.73. The van der Waals surface area contributed by atoms with Gasteiger partial charge in [-0.15, -0.1) is 0 Å². The van der Waals surface area contributed by atoms with E-state index in [0.717, 1.165) is 12.3 Å². The van der Waals surface area contributed by atoms with Gasteiger partial charge in [0, 0.05) is 31.8 Å². The molecule has 2 rings (SSSR count). The smallest absolute Gasteiger partial charge is 0.105 e. The Morgan fingerprint density at radius 3 is 2.62 bits per heavy atom. The molecule has 114 valence electrons. The van der Waals surface area contributed by atoms with Crippen molar-refractivity contribution >= 4 is 0 Å². The summed E-state index contributed by atoms with van der Waals surface area (Å²) in [5.74, 6) is 0.961. The molecule has 0 radical (unpaired) electrons. The molecular weight excluding hydrogens is 264 g/mol. The maximum Gasteiger partial charge on any atom is 0.105 e. The molecule has 0 fully saturated rings. The van der Waals surface area contributed by atoms with E-state index < -0.39 is 0 Å². The monoisotopic (exact) mass is 288 g/mol. The van der Waals surface area contributed by atoms with Crippen molar-refractivity contribution in [3.05, 3.63) is 59.0 Å². The Morgan fingerprint density at radius 1 is 1.24 bits per heavy atom. The number of ether oxygens (including phenoxy) is 1. The van der Waals surface area contributed by atoms with Gasteiger partial charge >= 0.3 is 0 Å². The maximum atomic E-state index is 6.03. The number of methoxy groups -OCH3 is 1. The van der Waals surface area contributed by atoms with Crippen molar-refractivity contribution in [3.8, 4) is 0 Å². The number of nitrogens with zero attached hydrogens (tertiary/aromatic N) is 1. The number of likely N-dealkylation sites (N-methyl/N-ethyl adjacent to an activating group) is 1. The standard InChI is InChI=1S/C17H24N2O2/c1-13-14(8-9-21-13)11-19(2)17(10-18)16-7-5-4-6-15(16)12-20-3/h4-9,17H,10-12,18H2,1-3H3. The fourth-order valence-electron chi connectivity index (χ4n) is 2.64. The highest BCUT2D eigenvalue weighted by Crippen LogP contribution is 2.25. The summed E-state index contributed by atoms with van der Waals surface area (Å²) in [6.45, 7) is 3.96. The lowest BCUT2D eigenvalue weighted by Gasteiger charge is -2.29. The van der Waals surface area contributed by atoms with Crippen LogP contribution in [0.1, 0.15) is 28.5 Å². The summed E-state index contributed by atoms with van der Waals surface area (Å²) in [6, 6.07) is 10.5. The first kappa shape index (κ1) is 15.8. The third-order valence-electron chi connectivity index (χ3n) is 3.86. The van der Waals surface area contributed by atoms with Crippen LogP contribution in [-0.2, 0) is 17.9 Å². The lowest BCUT2D eigenvalue weighted by Crippen LogP contribution is -2.31. The number of hydrogen-bond donors (Lipinski definition) is 1. The van der Waals surface area contributed by atoms with Gasteiger partial charge in [-0.3, -0.25) is 4.90 Å². The van der Waals surface area contributed by atoms with E-state index in [2.05, 4.69) is 24.1 Å². The number of benzene rings is 1. The molecule has 0 bridgehead atoms. The molecule has 2 aromatic rings. The quantitative estimate of drug-likeness (QED) is 0.851. The van der Waals surface area contributed by atoms with E-state index in [1.165, 1.54) is 16.7 Å². The molecule has 0 aliphatic heterocycles. The summed E-state index contributed by atoms with van der Waals surface area (Å²) in [7, 11) is 3.81. The predicted molar refractivity (Wildman–Crippen MR) is 83.9 cm³/mol. The van der Waals surface area contributed by atoms with Crippen molar-refractivity contribution in [1.29, 1.82) is 0 Å². The molecule has 0 aliphatic carbocycles. The zero-order chi connectivity index (χ0) is 15.2. The Kier molecular flexibility index (Phi) is 5.56. The zero-order valence-electron chi connectivity index (χ0n) is 13.0. The molecule has 1 aromatic carbocycles. The molecule has 2 N–H and O–H groups in total. The molecule has 1 heterocycles. The average molecular weight is 288 g/mol. The lowest BCUT2D eigenvalue weighted by molar-refractivity contribution is 0.179. The minimum absolute atomic E-state index is 0.158. The minimum Gasteiger partial charge on any atom is -0.469 e. The second kappa shape index (κ2) is 7.41. The van der Waals surface area contributed by atoms with Crippen LogP contribution in [0, 0.1) is 6.92 Å². The third kappa shape index (κ3) is 3.73. The van der Waals surface area contributed by atoms with Gasteiger partial charge in [0.25, 0.3) is 0 Å². The van der Waals surface area contributed by atoms with Gasteiger partial charge in [0.15, 0.2) is 0 Å². The van der Waals surface area contributed by atoms with Gasteiger partial charge in [0.2, 0.25) is 0 Å². The van der Waals surface area contributed by atoms with E-state index in [0.29, 0.717) is 13.2 Å². The highest BCUT2D eigenvalue weighted by atomic mass is 16.5. The van der Waals surface area contributed by atoms with Crippen molar-refractivity contribution in [3.63, 3.8) is 0 Å². The first-order chi connectivity index (χ1) is 10.2. The van der Waals surface area contributed by atoms with Crippen LogP contribution in [0.4, 0.5) is 0 Å². The van der Waals surface area contributed by atoms with Crippen LogP contribution in [0.15, 0.2) is 41.0 Å². The van der Waals surface area contributed by atoms with Gasteiger partial charge in [0.05, 0.1) is 12.9 Å². The van der Waals surface area contributed by atoms with Crippen molar-refractivity contribution in [1.82, 2.24) is 4.90 Å². The van der Waals surface area contributed by atoms with E-state index in [1.54, 1.807) is 13.4 Å². The first-order valence-corrected chi connectivity index (χ1v) is 7.17. The largest absolute Gasteiger partial charge is 0.469 e. The van der Waals surface area contributed by atoms with E-state index in [1.807, 2.05) is 25.1 Å². The molecule has 0 spiro atoms. The molecule has 4 heteroatoms. The Morgan fingerprint density at radius 2 is 2.00 bits per heavy atom. The van der Waals surface area contributed by atoms with Crippen LogP contribution in [0.3, 0.4) is 0 Å². The van der Waals surface area contributed by atoms with Crippen LogP contribution >= 0.6 is 0 Å². The SMILES string of the molecule is COCc1ccccc1C(CN)N(C)Cc1ccoc1C. The summed E-state index contributed by atoms with van der Waals surface area (Å²) < 4.78 is 10.7. The molecule has 0 saturated heterocycles. The van der Waals surface area contributed by atoms with Crippen LogP contribution in [0.2, 0.25) is 0 Å². The Balaban J connectivity index is 2.21. The number of hydrogen-bond acceptors (Lipinski definition) is 4. The van der Waals surface area contributed by atoms with E-state index in [4.69, 9.17) is 14.9 Å². The fraction of sp³-hybridized carbons (Fsp3) is 0.412. The van der Waals surface area contributed by atoms with Crippen molar-refractivity contribution in [2.75, 3.05) is 20.7 Å². The van der Waals surface area contributed by atoms with Gasteiger partial charge in [0.1, 0.15) is 5.76 Å². The number of furan rings is 1. The highest BCUT2D eigenvalue weighted by Gasteiger charge is 2.19. The van der Waals surface area contributed by atoms with Gasteiger partial charge in [-0.1, -0.05) is 24.3 Å². The Bertz CT molecular complexity index is 565. The van der Waals surface area contributed by atoms with Gasteiger partial charge < -0.3 is 14.9 Å². The molecule has 0 saturated carbocycles. The highest BCUT2D eigenvalue weighted by molar-refractivity contribution is 5.30. The predicted octanol–water partition coefficient (Wildman–Crippen LogP) is 2.87. The van der Waals surface area contributed by atoms with Crippen molar-refractivity contribution in [2.45, 2.75) is 26.1 Å². The van der Waals surface area contributed by atoms with Gasteiger partial charge in [-0.05, 0) is 31.2 Å². The molecule has 1 unspecified atom stereocenters. The first-order valence-electron chi connectivity index (χ1n) is 7.17. The van der Waals surface area contributed by atoms with E-state index in [9.17, 15) is 0 Å². The summed E-state index contributed by atoms with van der Waals surface area (Å²) in [5.41, 5.74) is 9.64. The topological polar surface area (TPSA) is 51.6 Å². The zero-order valence-corrected chi connectivity index (χ0v) is 13.0. The molecule has 21 heavy (non-hydrogen) atoms. The molecular formula is C17H24N2O2. The molecule has 1 atom stereocenters. The minimum atomic E-state index is 0.158. The molecule has 1 aromatic heterocycles. The van der Waals surface area contributed by atoms with Gasteiger partial charge in [-0.2, -0.15) is 0 Å². The average Bonchev–Trinajstić information content (AvgIpc) is 2.87. The Hall–Kier alpha value is -1.62. The molecule has 0 aliphatic rings. The molecule has 0 amide bonds. The fourth-order valence-corrected chi connectivity index (χ4v) is 2.64. The van der Waals surface area contributed by atoms with E-state index >= 15 is 0 Å². The van der Waals surface area contributed by atoms with E-state index in [-0.39, 0.29) is 6.04 Å². The lowest BCUT2D eigenvalue weighted by atomic mass is 9.99.